The molecular formula is C20H27N3O3. The molecule has 2 aromatic rings. The van der Waals surface area contributed by atoms with Crippen molar-refractivity contribution in [1.82, 2.24) is 15.2 Å². The minimum absolute atomic E-state index is 0.0965. The van der Waals surface area contributed by atoms with Gasteiger partial charge in [-0.25, -0.2) is 0 Å². The van der Waals surface area contributed by atoms with E-state index in [-0.39, 0.29) is 11.9 Å². The molecule has 1 fully saturated rings. The van der Waals surface area contributed by atoms with Crippen molar-refractivity contribution < 1.29 is 14.3 Å². The van der Waals surface area contributed by atoms with Crippen molar-refractivity contribution in [2.45, 2.75) is 45.2 Å². The van der Waals surface area contributed by atoms with Crippen molar-refractivity contribution in [3.8, 4) is 0 Å². The Kier molecular flexibility index (Phi) is 5.61. The summed E-state index contributed by atoms with van der Waals surface area (Å²) in [5.74, 6) is -0.111. The second kappa shape index (κ2) is 7.91. The number of fused-ring (bicyclic) bond motifs is 1. The van der Waals surface area contributed by atoms with Gasteiger partial charge in [0.05, 0.1) is 12.1 Å². The van der Waals surface area contributed by atoms with Gasteiger partial charge in [0.25, 0.3) is 0 Å². The number of esters is 1. The van der Waals surface area contributed by atoms with E-state index in [1.165, 1.54) is 0 Å². The van der Waals surface area contributed by atoms with Gasteiger partial charge in [0.2, 0.25) is 5.91 Å². The molecule has 1 unspecified atom stereocenters. The normalized spacial score (nSPS) is 19.2. The number of aromatic nitrogens is 1. The Morgan fingerprint density at radius 3 is 2.81 bits per heavy atom. The molecule has 0 spiro atoms. The predicted octanol–water partition coefficient (Wildman–Crippen LogP) is 2.59. The third kappa shape index (κ3) is 4.07. The minimum Gasteiger partial charge on any atom is -0.466 e. The first-order valence-electron chi connectivity index (χ1n) is 9.28. The molecule has 0 bridgehead atoms. The molecule has 0 saturated carbocycles. The molecule has 1 aliphatic rings. The lowest BCUT2D eigenvalue weighted by molar-refractivity contribution is -0.145. The SMILES string of the molecule is CCOC(=O)CCCN(Cc1ccc2cc[nH]c2c1)C(=O)C1(C)CCN1. The van der Waals surface area contributed by atoms with Crippen LogP contribution in [0.25, 0.3) is 10.9 Å². The number of amides is 1. The van der Waals surface area contributed by atoms with Gasteiger partial charge in [-0.05, 0) is 56.3 Å². The van der Waals surface area contributed by atoms with E-state index in [1.54, 1.807) is 6.92 Å². The van der Waals surface area contributed by atoms with Gasteiger partial charge in [0.15, 0.2) is 0 Å². The van der Waals surface area contributed by atoms with Crippen LogP contribution in [-0.2, 0) is 20.9 Å². The van der Waals surface area contributed by atoms with Crippen LogP contribution >= 0.6 is 0 Å². The number of carbonyl (C=O) groups is 2. The first-order chi connectivity index (χ1) is 12.5. The highest BCUT2D eigenvalue weighted by molar-refractivity contribution is 5.87. The van der Waals surface area contributed by atoms with Gasteiger partial charge >= 0.3 is 5.97 Å². The van der Waals surface area contributed by atoms with Gasteiger partial charge < -0.3 is 19.9 Å². The van der Waals surface area contributed by atoms with Crippen molar-refractivity contribution in [1.29, 1.82) is 0 Å². The summed E-state index contributed by atoms with van der Waals surface area (Å²) in [6.45, 7) is 6.08. The summed E-state index contributed by atoms with van der Waals surface area (Å²) in [7, 11) is 0. The molecule has 0 radical (unpaired) electrons. The molecule has 1 amide bonds. The van der Waals surface area contributed by atoms with Gasteiger partial charge in [-0.3, -0.25) is 9.59 Å². The van der Waals surface area contributed by atoms with E-state index in [4.69, 9.17) is 4.74 Å². The summed E-state index contributed by atoms with van der Waals surface area (Å²) in [6.07, 6.45) is 3.69. The quantitative estimate of drug-likeness (QED) is 0.712. The topological polar surface area (TPSA) is 74.4 Å². The Morgan fingerprint density at radius 1 is 1.31 bits per heavy atom. The maximum absolute atomic E-state index is 13.0. The third-order valence-electron chi connectivity index (χ3n) is 5.01. The van der Waals surface area contributed by atoms with Crippen molar-refractivity contribution in [3.63, 3.8) is 0 Å². The Balaban J connectivity index is 1.69. The van der Waals surface area contributed by atoms with Crippen molar-refractivity contribution in [2.75, 3.05) is 19.7 Å². The largest absolute Gasteiger partial charge is 0.466 e. The smallest absolute Gasteiger partial charge is 0.305 e. The zero-order valence-electron chi connectivity index (χ0n) is 15.5. The Bertz CT molecular complexity index is 779. The van der Waals surface area contributed by atoms with Crippen LogP contribution in [0.4, 0.5) is 0 Å². The number of aromatic amines is 1. The molecule has 0 aliphatic carbocycles. The molecular weight excluding hydrogens is 330 g/mol. The van der Waals surface area contributed by atoms with E-state index < -0.39 is 5.54 Å². The van der Waals surface area contributed by atoms with Crippen molar-refractivity contribution in [2.24, 2.45) is 0 Å². The number of hydrogen-bond acceptors (Lipinski definition) is 4. The summed E-state index contributed by atoms with van der Waals surface area (Å²) in [5.41, 5.74) is 1.65. The second-order valence-corrected chi connectivity index (χ2v) is 7.04. The Morgan fingerprint density at radius 2 is 2.12 bits per heavy atom. The molecule has 1 aromatic heterocycles. The summed E-state index contributed by atoms with van der Waals surface area (Å²) in [5, 5.41) is 4.40. The lowest BCUT2D eigenvalue weighted by Gasteiger charge is -2.42. The Labute approximate surface area is 153 Å². The number of ether oxygens (including phenoxy) is 1. The van der Waals surface area contributed by atoms with Gasteiger partial charge in [-0.1, -0.05) is 12.1 Å². The van der Waals surface area contributed by atoms with E-state index in [9.17, 15) is 9.59 Å². The molecule has 3 rings (SSSR count). The van der Waals surface area contributed by atoms with Crippen LogP contribution < -0.4 is 5.32 Å². The molecule has 1 atom stereocenters. The van der Waals surface area contributed by atoms with Crippen LogP contribution in [0.3, 0.4) is 0 Å². The third-order valence-corrected chi connectivity index (χ3v) is 5.01. The maximum atomic E-state index is 13.0. The van der Waals surface area contributed by atoms with Crippen LogP contribution in [0.15, 0.2) is 30.5 Å². The molecule has 6 nitrogen and oxygen atoms in total. The highest BCUT2D eigenvalue weighted by Crippen LogP contribution is 2.23. The first kappa shape index (κ1) is 18.5. The number of nitrogens with one attached hydrogen (secondary N) is 2. The predicted molar refractivity (Wildman–Crippen MR) is 101 cm³/mol. The van der Waals surface area contributed by atoms with Crippen LogP contribution in [0.1, 0.15) is 38.7 Å². The standard InChI is InChI=1S/C20H27N3O3/c1-3-26-18(24)5-4-12-23(19(25)20(2)9-11-22-20)14-15-6-7-16-8-10-21-17(16)13-15/h6-8,10,13,21-22H,3-5,9,11-12,14H2,1-2H3. The summed E-state index contributed by atoms with van der Waals surface area (Å²) >= 11 is 0. The molecule has 1 aliphatic heterocycles. The van der Waals surface area contributed by atoms with E-state index in [2.05, 4.69) is 28.5 Å². The number of rotatable bonds is 8. The minimum atomic E-state index is -0.486. The molecule has 2 N–H and O–H groups in total. The lowest BCUT2D eigenvalue weighted by Crippen LogP contribution is -2.64. The van der Waals surface area contributed by atoms with E-state index in [0.29, 0.717) is 32.5 Å². The fourth-order valence-corrected chi connectivity index (χ4v) is 3.35. The molecule has 2 heterocycles. The molecule has 1 aromatic carbocycles. The number of nitrogens with zero attached hydrogens (tertiary/aromatic N) is 1. The van der Waals surface area contributed by atoms with E-state index in [0.717, 1.165) is 29.4 Å². The Hall–Kier alpha value is -2.34. The van der Waals surface area contributed by atoms with Gasteiger partial charge in [-0.2, -0.15) is 0 Å². The van der Waals surface area contributed by atoms with Crippen molar-refractivity contribution in [3.05, 3.63) is 36.0 Å². The van der Waals surface area contributed by atoms with Gasteiger partial charge in [-0.15, -0.1) is 0 Å². The molecule has 140 valence electrons. The number of H-pyrrole nitrogens is 1. The van der Waals surface area contributed by atoms with Crippen LogP contribution in [0.2, 0.25) is 0 Å². The lowest BCUT2D eigenvalue weighted by atomic mass is 9.88. The van der Waals surface area contributed by atoms with E-state index >= 15 is 0 Å². The van der Waals surface area contributed by atoms with Crippen LogP contribution in [0, 0.1) is 0 Å². The molecule has 1 saturated heterocycles. The fourth-order valence-electron chi connectivity index (χ4n) is 3.35. The first-order valence-corrected chi connectivity index (χ1v) is 9.28. The summed E-state index contributed by atoms with van der Waals surface area (Å²) in [4.78, 5) is 29.7. The van der Waals surface area contributed by atoms with Crippen molar-refractivity contribution >= 4 is 22.8 Å². The zero-order chi connectivity index (χ0) is 18.6. The summed E-state index contributed by atoms with van der Waals surface area (Å²) in [6, 6.07) is 8.22. The van der Waals surface area contributed by atoms with Gasteiger partial charge in [0, 0.05) is 31.2 Å². The average Bonchev–Trinajstić information content (AvgIpc) is 3.06. The zero-order valence-corrected chi connectivity index (χ0v) is 15.5. The number of hydrogen-bond donors (Lipinski definition) is 2. The highest BCUT2D eigenvalue weighted by Gasteiger charge is 2.41. The molecule has 26 heavy (non-hydrogen) atoms. The number of benzene rings is 1. The second-order valence-electron chi connectivity index (χ2n) is 7.04. The van der Waals surface area contributed by atoms with Gasteiger partial charge in [0.1, 0.15) is 0 Å². The highest BCUT2D eigenvalue weighted by atomic mass is 16.5. The summed E-state index contributed by atoms with van der Waals surface area (Å²) < 4.78 is 4.98. The van der Waals surface area contributed by atoms with Crippen LogP contribution in [0.5, 0.6) is 0 Å². The average molecular weight is 357 g/mol. The van der Waals surface area contributed by atoms with Crippen LogP contribution in [-0.4, -0.2) is 47.0 Å². The molecule has 6 heteroatoms. The van der Waals surface area contributed by atoms with E-state index in [1.807, 2.05) is 24.1 Å². The maximum Gasteiger partial charge on any atom is 0.305 e. The monoisotopic (exact) mass is 357 g/mol. The number of carbonyl (C=O) groups excluding carboxylic acids is 2. The fraction of sp³-hybridized carbons (Fsp3) is 0.500.